The van der Waals surface area contributed by atoms with Crippen LogP contribution in [0.2, 0.25) is 10.0 Å². The molecular formula is C26H34Cl2N4O4. The van der Waals surface area contributed by atoms with Crippen molar-refractivity contribution in [1.82, 2.24) is 20.3 Å². The first-order chi connectivity index (χ1) is 16.8. The van der Waals surface area contributed by atoms with Gasteiger partial charge in [-0.05, 0) is 78.3 Å². The zero-order chi connectivity index (χ0) is 26.7. The third-order valence-corrected chi connectivity index (χ3v) is 5.97. The van der Waals surface area contributed by atoms with Crippen molar-refractivity contribution < 1.29 is 19.1 Å². The molecule has 0 radical (unpaired) electrons. The van der Waals surface area contributed by atoms with Crippen LogP contribution in [0.5, 0.6) is 0 Å². The molecule has 1 aliphatic heterocycles. The lowest BCUT2D eigenvalue weighted by Crippen LogP contribution is -2.44. The Morgan fingerprint density at radius 1 is 1.06 bits per heavy atom. The molecule has 0 fully saturated rings. The monoisotopic (exact) mass is 536 g/mol. The number of pyridine rings is 1. The Kier molecular flexibility index (Phi) is 8.88. The average molecular weight is 537 g/mol. The molecule has 36 heavy (non-hydrogen) atoms. The lowest BCUT2D eigenvalue weighted by atomic mass is 10.0. The standard InChI is InChI=1S/C26H34Cl2N4O4/c1-25(2,3)35-21(33)16-29-12-7-14-31-20(11-15-32(31)24(34)36-26(4,5)6)17-10-13-30-23-18(17)8-9-19(27)22(23)28/h8-11,13,15,20,29H,7,12,14,16H2,1-6H3. The maximum Gasteiger partial charge on any atom is 0.429 e. The van der Waals surface area contributed by atoms with E-state index in [1.165, 1.54) is 5.01 Å². The van der Waals surface area contributed by atoms with Crippen molar-refractivity contribution in [2.75, 3.05) is 19.6 Å². The summed E-state index contributed by atoms with van der Waals surface area (Å²) in [7, 11) is 0. The van der Waals surface area contributed by atoms with Crippen LogP contribution in [0.15, 0.2) is 36.7 Å². The van der Waals surface area contributed by atoms with E-state index in [1.54, 1.807) is 18.5 Å². The molecule has 1 aromatic heterocycles. The van der Waals surface area contributed by atoms with E-state index in [0.717, 1.165) is 10.9 Å². The Labute approximate surface area is 222 Å². The summed E-state index contributed by atoms with van der Waals surface area (Å²) in [5.74, 6) is -0.308. The topological polar surface area (TPSA) is 84.0 Å². The second-order valence-electron chi connectivity index (χ2n) is 10.5. The van der Waals surface area contributed by atoms with Crippen molar-refractivity contribution in [3.05, 3.63) is 52.3 Å². The molecule has 0 aliphatic carbocycles. The molecule has 1 aromatic carbocycles. The highest BCUT2D eigenvalue weighted by atomic mass is 35.5. The predicted octanol–water partition coefficient (Wildman–Crippen LogP) is 5.89. The maximum absolute atomic E-state index is 13.0. The molecule has 1 unspecified atom stereocenters. The van der Waals surface area contributed by atoms with Crippen molar-refractivity contribution >= 4 is 46.2 Å². The Morgan fingerprint density at radius 3 is 2.42 bits per heavy atom. The number of hydrogen-bond acceptors (Lipinski definition) is 7. The van der Waals surface area contributed by atoms with Crippen LogP contribution in [0.1, 0.15) is 59.6 Å². The van der Waals surface area contributed by atoms with Crippen molar-refractivity contribution in [3.8, 4) is 0 Å². The van der Waals surface area contributed by atoms with Gasteiger partial charge < -0.3 is 14.8 Å². The summed E-state index contributed by atoms with van der Waals surface area (Å²) in [6.07, 6.45) is 5.54. The Morgan fingerprint density at radius 2 is 1.75 bits per heavy atom. The van der Waals surface area contributed by atoms with Gasteiger partial charge in [0, 0.05) is 24.3 Å². The maximum atomic E-state index is 13.0. The number of esters is 1. The number of nitrogens with one attached hydrogen (secondary N) is 1. The number of carbonyl (C=O) groups excluding carboxylic acids is 2. The molecule has 3 rings (SSSR count). The number of aromatic nitrogens is 1. The summed E-state index contributed by atoms with van der Waals surface area (Å²) in [6, 6.07) is 5.28. The predicted molar refractivity (Wildman–Crippen MR) is 142 cm³/mol. The third kappa shape index (κ3) is 7.32. The molecule has 10 heteroatoms. The van der Waals surface area contributed by atoms with Crippen molar-refractivity contribution in [2.45, 2.75) is 65.2 Å². The molecule has 8 nitrogen and oxygen atoms in total. The number of rotatable bonds is 7. The van der Waals surface area contributed by atoms with Crippen LogP contribution in [0, 0.1) is 0 Å². The average Bonchev–Trinajstić information content (AvgIpc) is 3.17. The number of halogens is 2. The summed E-state index contributed by atoms with van der Waals surface area (Å²) in [5.41, 5.74) is 0.367. The number of hydrazine groups is 1. The van der Waals surface area contributed by atoms with Crippen molar-refractivity contribution in [2.24, 2.45) is 0 Å². The molecule has 1 amide bonds. The van der Waals surface area contributed by atoms with Gasteiger partial charge in [-0.1, -0.05) is 29.3 Å². The van der Waals surface area contributed by atoms with Crippen LogP contribution in [0.3, 0.4) is 0 Å². The number of nitrogens with zero attached hydrogens (tertiary/aromatic N) is 3. The summed E-state index contributed by atoms with van der Waals surface area (Å²) < 4.78 is 11.0. The zero-order valence-electron chi connectivity index (χ0n) is 21.6. The van der Waals surface area contributed by atoms with E-state index >= 15 is 0 Å². The van der Waals surface area contributed by atoms with E-state index in [2.05, 4.69) is 10.3 Å². The second kappa shape index (κ2) is 11.3. The Bertz CT molecular complexity index is 1140. The molecule has 2 aromatic rings. The number of amides is 1. The van der Waals surface area contributed by atoms with Crippen LogP contribution in [-0.2, 0) is 14.3 Å². The van der Waals surface area contributed by atoms with Gasteiger partial charge >= 0.3 is 12.1 Å². The molecule has 0 saturated heterocycles. The van der Waals surface area contributed by atoms with E-state index in [1.807, 2.05) is 64.8 Å². The smallest absolute Gasteiger partial charge is 0.429 e. The molecule has 1 N–H and O–H groups in total. The van der Waals surface area contributed by atoms with Crippen LogP contribution < -0.4 is 5.32 Å². The summed E-state index contributed by atoms with van der Waals surface area (Å²) >= 11 is 12.6. The fourth-order valence-corrected chi connectivity index (χ4v) is 4.21. The first kappa shape index (κ1) is 28.2. The zero-order valence-corrected chi connectivity index (χ0v) is 23.1. The Hall–Kier alpha value is -2.39. The second-order valence-corrected chi connectivity index (χ2v) is 11.3. The minimum Gasteiger partial charge on any atom is -0.459 e. The van der Waals surface area contributed by atoms with E-state index in [-0.39, 0.29) is 18.6 Å². The molecule has 0 bridgehead atoms. The van der Waals surface area contributed by atoms with E-state index in [9.17, 15) is 9.59 Å². The first-order valence-electron chi connectivity index (χ1n) is 11.9. The molecular weight excluding hydrogens is 503 g/mol. The van der Waals surface area contributed by atoms with Gasteiger partial charge in [-0.15, -0.1) is 0 Å². The van der Waals surface area contributed by atoms with E-state index in [0.29, 0.717) is 35.1 Å². The number of benzene rings is 1. The molecule has 1 aliphatic rings. The molecule has 1 atom stereocenters. The summed E-state index contributed by atoms with van der Waals surface area (Å²) in [6.45, 7) is 12.2. The summed E-state index contributed by atoms with van der Waals surface area (Å²) in [5, 5.41) is 8.20. The fourth-order valence-electron chi connectivity index (χ4n) is 3.84. The fraction of sp³-hybridized carbons (Fsp3) is 0.500. The number of fused-ring (bicyclic) bond motifs is 1. The van der Waals surface area contributed by atoms with Crippen LogP contribution in [0.4, 0.5) is 4.79 Å². The van der Waals surface area contributed by atoms with Crippen LogP contribution >= 0.6 is 23.2 Å². The first-order valence-corrected chi connectivity index (χ1v) is 12.6. The minimum absolute atomic E-state index is 0.114. The number of hydrogen-bond donors (Lipinski definition) is 1. The molecule has 0 saturated carbocycles. The van der Waals surface area contributed by atoms with Gasteiger partial charge in [0.15, 0.2) is 0 Å². The third-order valence-electron chi connectivity index (χ3n) is 5.17. The van der Waals surface area contributed by atoms with Gasteiger partial charge in [-0.3, -0.25) is 9.78 Å². The van der Waals surface area contributed by atoms with Crippen molar-refractivity contribution in [3.63, 3.8) is 0 Å². The van der Waals surface area contributed by atoms with Gasteiger partial charge in [0.2, 0.25) is 0 Å². The highest BCUT2D eigenvalue weighted by molar-refractivity contribution is 6.45. The lowest BCUT2D eigenvalue weighted by Gasteiger charge is -2.34. The quantitative estimate of drug-likeness (QED) is 0.349. The van der Waals surface area contributed by atoms with E-state index in [4.69, 9.17) is 32.7 Å². The minimum atomic E-state index is -0.642. The summed E-state index contributed by atoms with van der Waals surface area (Å²) in [4.78, 5) is 29.4. The highest BCUT2D eigenvalue weighted by Crippen LogP contribution is 2.37. The largest absolute Gasteiger partial charge is 0.459 e. The van der Waals surface area contributed by atoms with Crippen LogP contribution in [-0.4, -0.2) is 57.9 Å². The lowest BCUT2D eigenvalue weighted by molar-refractivity contribution is -0.153. The van der Waals surface area contributed by atoms with Gasteiger partial charge in [0.05, 0.1) is 28.1 Å². The van der Waals surface area contributed by atoms with Gasteiger partial charge in [-0.2, -0.15) is 0 Å². The van der Waals surface area contributed by atoms with Gasteiger partial charge in [0.25, 0.3) is 0 Å². The SMILES string of the molecule is CC(C)(C)OC(=O)CNCCCN1C(c2ccnc3c(Cl)c(Cl)ccc23)C=CN1C(=O)OC(C)(C)C. The molecule has 196 valence electrons. The normalized spacial score (nSPS) is 16.6. The Balaban J connectivity index is 1.78. The number of ether oxygens (including phenoxy) is 2. The van der Waals surface area contributed by atoms with Gasteiger partial charge in [0.1, 0.15) is 11.2 Å². The van der Waals surface area contributed by atoms with E-state index < -0.39 is 17.3 Å². The molecule has 2 heterocycles. The van der Waals surface area contributed by atoms with Crippen LogP contribution in [0.25, 0.3) is 10.9 Å². The van der Waals surface area contributed by atoms with Crippen molar-refractivity contribution in [1.29, 1.82) is 0 Å². The number of carbonyl (C=O) groups is 2. The van der Waals surface area contributed by atoms with Gasteiger partial charge in [-0.25, -0.2) is 14.8 Å². The molecule has 0 spiro atoms. The highest BCUT2D eigenvalue weighted by Gasteiger charge is 2.35.